The highest BCUT2D eigenvalue weighted by Crippen LogP contribution is 2.36. The van der Waals surface area contributed by atoms with Crippen molar-refractivity contribution in [3.63, 3.8) is 0 Å². The number of rotatable bonds is 11. The Hall–Kier alpha value is -4.77. The van der Waals surface area contributed by atoms with Crippen molar-refractivity contribution in [2.75, 3.05) is 6.54 Å². The Morgan fingerprint density at radius 2 is 1.43 bits per heavy atom. The van der Waals surface area contributed by atoms with Crippen molar-refractivity contribution in [3.05, 3.63) is 29.8 Å². The first-order valence-corrected chi connectivity index (χ1v) is 18.2. The maximum absolute atomic E-state index is 14.2. The van der Waals surface area contributed by atoms with Crippen LogP contribution in [0.3, 0.4) is 0 Å². The zero-order chi connectivity index (χ0) is 39.4. The molecule has 1 aromatic carbocycles. The predicted octanol–water partition coefficient (Wildman–Crippen LogP) is -0.825. The van der Waals surface area contributed by atoms with E-state index in [2.05, 4.69) is 31.6 Å². The summed E-state index contributed by atoms with van der Waals surface area (Å²) in [5, 5.41) is 43.8. The predicted molar refractivity (Wildman–Crippen MR) is 195 cm³/mol. The lowest BCUT2D eigenvalue weighted by molar-refractivity contribution is -0.139. The van der Waals surface area contributed by atoms with E-state index in [0.717, 1.165) is 6.42 Å². The lowest BCUT2D eigenvalue weighted by Crippen LogP contribution is -2.62. The number of Topliss-reactive ketones (excluding diaryl/α,β-unsaturated/α-hetero) is 1. The minimum Gasteiger partial charge on any atom is -0.508 e. The fraction of sp³-hybridized carbons (Fsp3) is 0.639. The van der Waals surface area contributed by atoms with Crippen molar-refractivity contribution in [3.8, 4) is 5.75 Å². The molecular weight excluding hydrogens is 688 g/mol. The molecule has 1 heterocycles. The number of hydrogen-bond donors (Lipinski definition) is 10. The van der Waals surface area contributed by atoms with Crippen LogP contribution in [0.1, 0.15) is 78.2 Å². The summed E-state index contributed by atoms with van der Waals surface area (Å²) in [7, 11) is 0. The Bertz CT molecular complexity index is 1480. The van der Waals surface area contributed by atoms with Crippen LogP contribution in [0.15, 0.2) is 29.3 Å². The van der Waals surface area contributed by atoms with Gasteiger partial charge in [0.15, 0.2) is 11.7 Å². The molecular formula is C36H56N8O9. The number of ketones is 1. The van der Waals surface area contributed by atoms with E-state index in [1.165, 1.54) is 19.1 Å². The summed E-state index contributed by atoms with van der Waals surface area (Å²) >= 11 is 0. The summed E-state index contributed by atoms with van der Waals surface area (Å²) in [6.07, 6.45) is 0.0459. The molecule has 2 fully saturated rings. The van der Waals surface area contributed by atoms with Crippen LogP contribution < -0.4 is 38.1 Å². The number of carbonyl (C=O) groups excluding carboxylic acids is 5. The van der Waals surface area contributed by atoms with E-state index in [1.54, 1.807) is 26.0 Å². The molecule has 17 nitrogen and oxygen atoms in total. The largest absolute Gasteiger partial charge is 0.508 e. The molecule has 1 aromatic rings. The van der Waals surface area contributed by atoms with Gasteiger partial charge < -0.3 is 53.4 Å². The number of nitrogens with zero attached hydrogens (tertiary/aromatic N) is 1. The zero-order valence-electron chi connectivity index (χ0n) is 30.8. The lowest BCUT2D eigenvalue weighted by atomic mass is 9.81. The van der Waals surface area contributed by atoms with Gasteiger partial charge in [-0.1, -0.05) is 32.4 Å². The summed E-state index contributed by atoms with van der Waals surface area (Å²) in [6.45, 7) is 6.85. The van der Waals surface area contributed by atoms with Crippen LogP contribution in [0.2, 0.25) is 0 Å². The minimum atomic E-state index is -1.55. The first-order chi connectivity index (χ1) is 25.0. The maximum Gasteiger partial charge on any atom is 0.303 e. The number of hydrogen-bond acceptors (Lipinski definition) is 10. The average Bonchev–Trinajstić information content (AvgIpc) is 3.58. The number of aliphatic hydroxyl groups excluding tert-OH is 1. The van der Waals surface area contributed by atoms with Crippen molar-refractivity contribution in [1.82, 2.24) is 26.6 Å². The number of carboxylic acid groups (broad SMARTS) is 1. The molecule has 12 N–H and O–H groups in total. The zero-order valence-corrected chi connectivity index (χ0v) is 30.8. The molecule has 1 aliphatic carbocycles. The number of fused-ring (bicyclic) bond motifs is 1. The molecule has 4 amide bonds. The maximum atomic E-state index is 14.2. The smallest absolute Gasteiger partial charge is 0.303 e. The standard InChI is InChI=1S/C36H56N8O9/c1-18(2)29-31(49)24-8-5-7-23(24)19(3)40-27(17-21-10-12-22(46)13-11-21)34(52)41-25(9-6-16-39-36(37)38)32(50)42-26(14-15-28(47)48)33(51)44-30(20(4)45)35(53)43-29/h10-13,18-20,23-27,29-30,40,45-46H,5-9,14-17H2,1-4H3,(H,41,52)(H,42,50)(H,43,53)(H,44,51)(H,47,48)(H4,37,38,39). The summed E-state index contributed by atoms with van der Waals surface area (Å²) in [5.41, 5.74) is 11.6. The number of guanidine groups is 1. The molecule has 1 aliphatic heterocycles. The number of aliphatic imine (C=N–C) groups is 1. The van der Waals surface area contributed by atoms with Gasteiger partial charge in [0.05, 0.1) is 18.2 Å². The number of phenols is 1. The highest BCUT2D eigenvalue weighted by atomic mass is 16.4. The molecule has 0 bridgehead atoms. The molecule has 17 heteroatoms. The number of carboxylic acids is 1. The SMILES string of the molecule is CC(C)C1NC(=O)C(C(C)O)NC(=O)C(CCC(=O)O)NC(=O)C(CCCN=C(N)N)NC(=O)C(Cc2ccc(O)cc2)NC(C)C2CCCC2C1=O. The number of amides is 4. The van der Waals surface area contributed by atoms with Crippen LogP contribution in [-0.2, 0) is 35.2 Å². The molecule has 0 spiro atoms. The van der Waals surface area contributed by atoms with Crippen LogP contribution in [0, 0.1) is 17.8 Å². The molecule has 1 saturated heterocycles. The van der Waals surface area contributed by atoms with E-state index in [1.807, 2.05) is 6.92 Å². The molecule has 1 saturated carbocycles. The Morgan fingerprint density at radius 1 is 0.849 bits per heavy atom. The first-order valence-electron chi connectivity index (χ1n) is 18.2. The van der Waals surface area contributed by atoms with Gasteiger partial charge >= 0.3 is 5.97 Å². The number of aliphatic hydroxyl groups is 1. The molecule has 0 aromatic heterocycles. The number of phenolic OH excluding ortho intramolecular Hbond substituents is 1. The number of carbonyl (C=O) groups is 6. The van der Waals surface area contributed by atoms with E-state index >= 15 is 0 Å². The van der Waals surface area contributed by atoms with Crippen molar-refractivity contribution in [2.45, 2.75) is 121 Å². The van der Waals surface area contributed by atoms with Crippen LogP contribution >= 0.6 is 0 Å². The van der Waals surface area contributed by atoms with Crippen molar-refractivity contribution >= 4 is 41.3 Å². The van der Waals surface area contributed by atoms with Crippen LogP contribution in [-0.4, -0.2) is 106 Å². The molecule has 2 aliphatic rings. The van der Waals surface area contributed by atoms with Gasteiger partial charge in [-0.2, -0.15) is 0 Å². The van der Waals surface area contributed by atoms with Gasteiger partial charge in [-0.25, -0.2) is 0 Å². The summed E-state index contributed by atoms with van der Waals surface area (Å²) < 4.78 is 0. The average molecular weight is 745 g/mol. The summed E-state index contributed by atoms with van der Waals surface area (Å²) in [4.78, 5) is 85.0. The van der Waals surface area contributed by atoms with Gasteiger partial charge in [0.2, 0.25) is 23.6 Å². The second-order valence-electron chi connectivity index (χ2n) is 14.4. The summed E-state index contributed by atoms with van der Waals surface area (Å²) in [5.74, 6) is -5.74. The summed E-state index contributed by atoms with van der Waals surface area (Å²) in [6, 6.07) is -0.200. The van der Waals surface area contributed by atoms with Gasteiger partial charge in [-0.05, 0) is 81.9 Å². The lowest BCUT2D eigenvalue weighted by Gasteiger charge is -2.34. The molecule has 294 valence electrons. The molecule has 3 rings (SSSR count). The van der Waals surface area contributed by atoms with Gasteiger partial charge in [0, 0.05) is 24.9 Å². The minimum absolute atomic E-state index is 0.0254. The number of nitrogens with two attached hydrogens (primary N) is 2. The number of nitrogens with one attached hydrogen (secondary N) is 5. The molecule has 9 atom stereocenters. The van der Waals surface area contributed by atoms with E-state index in [-0.39, 0.29) is 67.6 Å². The third-order valence-corrected chi connectivity index (χ3v) is 9.93. The molecule has 0 radical (unpaired) electrons. The third kappa shape index (κ3) is 12.7. The van der Waals surface area contributed by atoms with Crippen molar-refractivity contribution < 1.29 is 44.1 Å². The first kappa shape index (κ1) is 42.6. The van der Waals surface area contributed by atoms with Crippen LogP contribution in [0.4, 0.5) is 0 Å². The quantitative estimate of drug-likeness (QED) is 0.0756. The number of aliphatic carboxylic acids is 1. The Labute approximate surface area is 309 Å². The Morgan fingerprint density at radius 3 is 2.02 bits per heavy atom. The van der Waals surface area contributed by atoms with Crippen LogP contribution in [0.25, 0.3) is 0 Å². The third-order valence-electron chi connectivity index (χ3n) is 9.93. The fourth-order valence-corrected chi connectivity index (χ4v) is 7.03. The highest BCUT2D eigenvalue weighted by Gasteiger charge is 2.42. The molecule has 53 heavy (non-hydrogen) atoms. The normalized spacial score (nSPS) is 28.4. The van der Waals surface area contributed by atoms with Crippen molar-refractivity contribution in [1.29, 1.82) is 0 Å². The Kier molecular flexibility index (Phi) is 16.0. The van der Waals surface area contributed by atoms with Crippen molar-refractivity contribution in [2.24, 2.45) is 34.2 Å². The van der Waals surface area contributed by atoms with Gasteiger partial charge in [0.25, 0.3) is 0 Å². The van der Waals surface area contributed by atoms with Gasteiger partial charge in [-0.3, -0.25) is 33.8 Å². The van der Waals surface area contributed by atoms with Crippen LogP contribution in [0.5, 0.6) is 5.75 Å². The Balaban J connectivity index is 2.10. The van der Waals surface area contributed by atoms with Gasteiger partial charge in [0.1, 0.15) is 23.9 Å². The highest BCUT2D eigenvalue weighted by molar-refractivity contribution is 5.97. The molecule has 9 unspecified atom stereocenters. The van der Waals surface area contributed by atoms with E-state index in [9.17, 15) is 44.1 Å². The van der Waals surface area contributed by atoms with E-state index in [4.69, 9.17) is 11.5 Å². The fourth-order valence-electron chi connectivity index (χ4n) is 7.03. The second-order valence-corrected chi connectivity index (χ2v) is 14.4. The second kappa shape index (κ2) is 19.9. The number of benzene rings is 1. The van der Waals surface area contributed by atoms with Gasteiger partial charge in [-0.15, -0.1) is 0 Å². The number of aromatic hydroxyl groups is 1. The van der Waals surface area contributed by atoms with E-state index < -0.39 is 78.2 Å². The monoisotopic (exact) mass is 744 g/mol. The van der Waals surface area contributed by atoms with E-state index in [0.29, 0.717) is 18.4 Å². The topological polar surface area (TPSA) is 288 Å².